The van der Waals surface area contributed by atoms with Crippen molar-refractivity contribution in [3.8, 4) is 5.75 Å². The molecule has 0 amide bonds. The Morgan fingerprint density at radius 2 is 2.24 bits per heavy atom. The van der Waals surface area contributed by atoms with Gasteiger partial charge in [-0.2, -0.15) is 0 Å². The molecule has 0 radical (unpaired) electrons. The fourth-order valence-electron chi connectivity index (χ4n) is 2.58. The van der Waals surface area contributed by atoms with Crippen molar-refractivity contribution in [3.05, 3.63) is 18.3 Å². The molecule has 1 aliphatic carbocycles. The summed E-state index contributed by atoms with van der Waals surface area (Å²) in [7, 11) is 1.68. The van der Waals surface area contributed by atoms with Gasteiger partial charge in [-0.05, 0) is 30.9 Å². The predicted molar refractivity (Wildman–Crippen MR) is 70.5 cm³/mol. The Labute approximate surface area is 104 Å². The fraction of sp³-hybridized carbons (Fsp3) is 0.643. The Bertz CT molecular complexity index is 335. The number of nitrogens with one attached hydrogen (secondary N) is 1. The van der Waals surface area contributed by atoms with Gasteiger partial charge in [0.05, 0.1) is 7.11 Å². The average Bonchev–Trinajstić information content (AvgIpc) is 2.88. The van der Waals surface area contributed by atoms with Crippen LogP contribution in [-0.4, -0.2) is 18.6 Å². The van der Waals surface area contributed by atoms with Crippen LogP contribution in [0.1, 0.15) is 38.5 Å². The molecule has 1 aromatic heterocycles. The zero-order valence-electron chi connectivity index (χ0n) is 10.6. The summed E-state index contributed by atoms with van der Waals surface area (Å²) in [5, 5.41) is 3.35. The molecule has 1 aliphatic rings. The predicted octanol–water partition coefficient (Wildman–Crippen LogP) is 3.47. The van der Waals surface area contributed by atoms with E-state index in [-0.39, 0.29) is 0 Å². The molecule has 1 fully saturated rings. The summed E-state index contributed by atoms with van der Waals surface area (Å²) in [6, 6.07) is 3.83. The second-order valence-corrected chi connectivity index (χ2v) is 4.77. The first kappa shape index (κ1) is 12.2. The van der Waals surface area contributed by atoms with Gasteiger partial charge in [-0.25, -0.2) is 4.98 Å². The number of nitrogens with zero attached hydrogens (tertiary/aromatic N) is 1. The van der Waals surface area contributed by atoms with E-state index in [9.17, 15) is 0 Å². The van der Waals surface area contributed by atoms with E-state index in [4.69, 9.17) is 4.74 Å². The lowest BCUT2D eigenvalue weighted by Gasteiger charge is -2.11. The van der Waals surface area contributed by atoms with Gasteiger partial charge in [0.1, 0.15) is 0 Å². The maximum Gasteiger partial charge on any atom is 0.168 e. The number of methoxy groups -OCH3 is 1. The fourth-order valence-corrected chi connectivity index (χ4v) is 2.58. The molecule has 3 nitrogen and oxygen atoms in total. The van der Waals surface area contributed by atoms with Crippen LogP contribution in [0.3, 0.4) is 0 Å². The number of hydrogen-bond acceptors (Lipinski definition) is 3. The van der Waals surface area contributed by atoms with E-state index in [1.54, 1.807) is 13.3 Å². The van der Waals surface area contributed by atoms with Crippen LogP contribution in [0, 0.1) is 5.92 Å². The van der Waals surface area contributed by atoms with Crippen LogP contribution in [0.2, 0.25) is 0 Å². The van der Waals surface area contributed by atoms with E-state index < -0.39 is 0 Å². The van der Waals surface area contributed by atoms with Gasteiger partial charge in [0.15, 0.2) is 11.6 Å². The number of anilines is 1. The summed E-state index contributed by atoms with van der Waals surface area (Å²) in [6.07, 6.45) is 10.1. The lowest BCUT2D eigenvalue weighted by atomic mass is 10.0. The molecular formula is C14H22N2O. The van der Waals surface area contributed by atoms with Crippen molar-refractivity contribution < 1.29 is 4.74 Å². The van der Waals surface area contributed by atoms with Gasteiger partial charge >= 0.3 is 0 Å². The Morgan fingerprint density at radius 1 is 1.41 bits per heavy atom. The van der Waals surface area contributed by atoms with Crippen molar-refractivity contribution in [1.29, 1.82) is 0 Å². The molecule has 3 heteroatoms. The minimum Gasteiger partial charge on any atom is -0.493 e. The quantitative estimate of drug-likeness (QED) is 0.765. The molecule has 0 spiro atoms. The Morgan fingerprint density at radius 3 is 3.00 bits per heavy atom. The van der Waals surface area contributed by atoms with Crippen LogP contribution in [0.15, 0.2) is 18.3 Å². The summed E-state index contributed by atoms with van der Waals surface area (Å²) < 4.78 is 5.25. The van der Waals surface area contributed by atoms with Crippen molar-refractivity contribution in [3.63, 3.8) is 0 Å². The molecule has 0 saturated heterocycles. The van der Waals surface area contributed by atoms with Crippen LogP contribution in [0.4, 0.5) is 5.82 Å². The van der Waals surface area contributed by atoms with Gasteiger partial charge in [0.25, 0.3) is 0 Å². The zero-order chi connectivity index (χ0) is 11.9. The van der Waals surface area contributed by atoms with Crippen molar-refractivity contribution in [2.45, 2.75) is 38.5 Å². The second-order valence-electron chi connectivity index (χ2n) is 4.77. The molecule has 1 N–H and O–H groups in total. The first-order valence-corrected chi connectivity index (χ1v) is 6.63. The molecule has 0 aromatic carbocycles. The average molecular weight is 234 g/mol. The van der Waals surface area contributed by atoms with E-state index in [1.165, 1.54) is 38.5 Å². The van der Waals surface area contributed by atoms with E-state index in [0.717, 1.165) is 24.0 Å². The van der Waals surface area contributed by atoms with Crippen molar-refractivity contribution in [2.24, 2.45) is 5.92 Å². The van der Waals surface area contributed by atoms with Crippen LogP contribution in [-0.2, 0) is 0 Å². The van der Waals surface area contributed by atoms with Crippen LogP contribution >= 0.6 is 0 Å². The Balaban J connectivity index is 1.70. The normalized spacial score (nSPS) is 16.1. The van der Waals surface area contributed by atoms with E-state index in [0.29, 0.717) is 0 Å². The molecule has 17 heavy (non-hydrogen) atoms. The SMILES string of the molecule is COc1cccnc1NCCCC1CCCC1. The van der Waals surface area contributed by atoms with Crippen molar-refractivity contribution in [1.82, 2.24) is 4.98 Å². The van der Waals surface area contributed by atoms with Gasteiger partial charge in [-0.15, -0.1) is 0 Å². The molecule has 0 atom stereocenters. The van der Waals surface area contributed by atoms with E-state index in [1.807, 2.05) is 12.1 Å². The summed E-state index contributed by atoms with van der Waals surface area (Å²) in [5.41, 5.74) is 0. The van der Waals surface area contributed by atoms with Gasteiger partial charge in [0.2, 0.25) is 0 Å². The van der Waals surface area contributed by atoms with Gasteiger partial charge < -0.3 is 10.1 Å². The number of rotatable bonds is 6. The van der Waals surface area contributed by atoms with Crippen LogP contribution in [0.5, 0.6) is 5.75 Å². The number of aromatic nitrogens is 1. The van der Waals surface area contributed by atoms with Crippen molar-refractivity contribution in [2.75, 3.05) is 19.0 Å². The standard InChI is InChI=1S/C14H22N2O/c1-17-13-9-5-11-16-14(13)15-10-4-8-12-6-2-3-7-12/h5,9,11-12H,2-4,6-8,10H2,1H3,(H,15,16). The number of hydrogen-bond donors (Lipinski definition) is 1. The first-order valence-electron chi connectivity index (χ1n) is 6.63. The maximum atomic E-state index is 5.25. The molecule has 0 bridgehead atoms. The number of ether oxygens (including phenoxy) is 1. The Kier molecular flexibility index (Phi) is 4.65. The molecule has 2 rings (SSSR count). The molecule has 1 aromatic rings. The Hall–Kier alpha value is -1.25. The molecule has 1 heterocycles. The molecule has 0 unspecified atom stereocenters. The van der Waals surface area contributed by atoms with E-state index >= 15 is 0 Å². The summed E-state index contributed by atoms with van der Waals surface area (Å²) in [6.45, 7) is 0.990. The third-order valence-electron chi connectivity index (χ3n) is 3.55. The van der Waals surface area contributed by atoms with E-state index in [2.05, 4.69) is 10.3 Å². The lowest BCUT2D eigenvalue weighted by molar-refractivity contribution is 0.414. The summed E-state index contributed by atoms with van der Waals surface area (Å²) in [4.78, 5) is 4.28. The monoisotopic (exact) mass is 234 g/mol. The smallest absolute Gasteiger partial charge is 0.168 e. The molecule has 1 saturated carbocycles. The third kappa shape index (κ3) is 3.62. The summed E-state index contributed by atoms with van der Waals surface area (Å²) >= 11 is 0. The highest BCUT2D eigenvalue weighted by atomic mass is 16.5. The maximum absolute atomic E-state index is 5.25. The van der Waals surface area contributed by atoms with Gasteiger partial charge in [-0.1, -0.05) is 25.7 Å². The van der Waals surface area contributed by atoms with Gasteiger partial charge in [-0.3, -0.25) is 0 Å². The highest BCUT2D eigenvalue weighted by Crippen LogP contribution is 2.28. The largest absolute Gasteiger partial charge is 0.493 e. The second kappa shape index (κ2) is 6.48. The topological polar surface area (TPSA) is 34.1 Å². The first-order chi connectivity index (χ1) is 8.40. The minimum atomic E-state index is 0.827. The van der Waals surface area contributed by atoms with Crippen molar-refractivity contribution >= 4 is 5.82 Å². The van der Waals surface area contributed by atoms with Crippen LogP contribution in [0.25, 0.3) is 0 Å². The summed E-state index contributed by atoms with van der Waals surface area (Å²) in [5.74, 6) is 2.66. The molecular weight excluding hydrogens is 212 g/mol. The highest BCUT2D eigenvalue weighted by molar-refractivity contribution is 5.49. The molecule has 0 aliphatic heterocycles. The van der Waals surface area contributed by atoms with Crippen LogP contribution < -0.4 is 10.1 Å². The highest BCUT2D eigenvalue weighted by Gasteiger charge is 2.14. The minimum absolute atomic E-state index is 0.827. The zero-order valence-corrected chi connectivity index (χ0v) is 10.6. The number of pyridine rings is 1. The lowest BCUT2D eigenvalue weighted by Crippen LogP contribution is -2.06. The van der Waals surface area contributed by atoms with Gasteiger partial charge in [0, 0.05) is 12.7 Å². The molecule has 94 valence electrons. The third-order valence-corrected chi connectivity index (χ3v) is 3.55.